The van der Waals surface area contributed by atoms with Gasteiger partial charge in [-0.05, 0) is 78.6 Å². The largest absolute Gasteiger partial charge is 0.586 e. The van der Waals surface area contributed by atoms with Crippen LogP contribution in [0.25, 0.3) is 45.0 Å². The number of aromatic nitrogens is 3. The molecule has 9 nitrogen and oxygen atoms in total. The van der Waals surface area contributed by atoms with Gasteiger partial charge in [-0.25, -0.2) is 9.37 Å². The van der Waals surface area contributed by atoms with Gasteiger partial charge in [0, 0.05) is 47.7 Å². The summed E-state index contributed by atoms with van der Waals surface area (Å²) in [5.41, 5.74) is 1.69. The van der Waals surface area contributed by atoms with Gasteiger partial charge in [0.1, 0.15) is 17.2 Å². The third-order valence-corrected chi connectivity index (χ3v) is 9.35. The van der Waals surface area contributed by atoms with Gasteiger partial charge in [0.05, 0.1) is 12.3 Å². The number of halogens is 5. The number of alkyl halides is 4. The Kier molecular flexibility index (Phi) is 8.37. The molecule has 2 aliphatic rings. The average Bonchev–Trinajstić information content (AvgIpc) is 3.57. The summed E-state index contributed by atoms with van der Waals surface area (Å²) in [6.07, 6.45) is -0.358. The molecule has 15 heteroatoms. The van der Waals surface area contributed by atoms with Crippen molar-refractivity contribution < 1.29 is 45.7 Å². The van der Waals surface area contributed by atoms with Gasteiger partial charge in [-0.3, -0.25) is 9.48 Å². The molecule has 5 aromatic rings. The lowest BCUT2D eigenvalue weighted by atomic mass is 9.93. The Hall–Kier alpha value is -4.89. The van der Waals surface area contributed by atoms with Crippen molar-refractivity contribution in [1.29, 1.82) is 0 Å². The lowest BCUT2D eigenvalue weighted by Crippen LogP contribution is -2.39. The van der Waals surface area contributed by atoms with E-state index in [1.807, 2.05) is 0 Å². The molecule has 2 N–H and O–H groups in total. The predicted octanol–water partition coefficient (Wildman–Crippen LogP) is 7.68. The van der Waals surface area contributed by atoms with Crippen LogP contribution in [0.1, 0.15) is 30.0 Å². The van der Waals surface area contributed by atoms with Crippen molar-refractivity contribution in [2.24, 2.45) is 13.0 Å². The minimum Gasteiger partial charge on any atom is -0.440 e. The number of ether oxygens (including phenoxy) is 2. The van der Waals surface area contributed by atoms with Crippen LogP contribution >= 0.6 is 11.8 Å². The second-order valence-corrected chi connectivity index (χ2v) is 12.9. The Balaban J connectivity index is 1.38. The van der Waals surface area contributed by atoms with Crippen molar-refractivity contribution in [1.82, 2.24) is 20.1 Å². The summed E-state index contributed by atoms with van der Waals surface area (Å²) < 4.78 is 90.2. The van der Waals surface area contributed by atoms with Gasteiger partial charge in [-0.15, -0.1) is 20.5 Å². The van der Waals surface area contributed by atoms with Crippen LogP contribution in [0.15, 0.2) is 63.9 Å². The van der Waals surface area contributed by atoms with Gasteiger partial charge in [0.15, 0.2) is 23.1 Å². The number of aliphatic hydroxyl groups excluding tert-OH is 1. The van der Waals surface area contributed by atoms with Gasteiger partial charge in [0.2, 0.25) is 0 Å². The Labute approximate surface area is 286 Å². The third-order valence-electron chi connectivity index (χ3n) is 8.55. The molecule has 0 atom stereocenters. The van der Waals surface area contributed by atoms with Gasteiger partial charge in [-0.2, -0.15) is 13.9 Å². The van der Waals surface area contributed by atoms with Gasteiger partial charge < -0.3 is 24.3 Å². The van der Waals surface area contributed by atoms with Crippen LogP contribution in [-0.4, -0.2) is 44.9 Å². The number of fused-ring (bicyclic) bond motifs is 1. The summed E-state index contributed by atoms with van der Waals surface area (Å²) in [6, 6.07) is 13.2. The van der Waals surface area contributed by atoms with Crippen LogP contribution in [0.3, 0.4) is 0 Å². The summed E-state index contributed by atoms with van der Waals surface area (Å²) in [7, 11) is 1.45. The van der Waals surface area contributed by atoms with Crippen LogP contribution in [0, 0.1) is 18.7 Å². The van der Waals surface area contributed by atoms with E-state index < -0.39 is 36.2 Å². The summed E-state index contributed by atoms with van der Waals surface area (Å²) in [6.45, 7) is 1.23. The van der Waals surface area contributed by atoms with Crippen molar-refractivity contribution in [3.8, 4) is 56.5 Å². The van der Waals surface area contributed by atoms with Gasteiger partial charge >= 0.3 is 12.2 Å². The number of amides is 1. The van der Waals surface area contributed by atoms with Crippen molar-refractivity contribution in [2.75, 3.05) is 12.8 Å². The molecule has 0 bridgehead atoms. The molecule has 2 aromatic heterocycles. The van der Waals surface area contributed by atoms with Crippen molar-refractivity contribution in [2.45, 2.75) is 43.5 Å². The quantitative estimate of drug-likeness (QED) is 0.112. The van der Waals surface area contributed by atoms with Gasteiger partial charge in [-0.1, -0.05) is 12.1 Å². The zero-order valence-corrected chi connectivity index (χ0v) is 27.6. The molecule has 3 heterocycles. The van der Waals surface area contributed by atoms with E-state index in [2.05, 4.69) is 24.9 Å². The Morgan fingerprint density at radius 3 is 2.50 bits per heavy atom. The number of rotatable bonds is 10. The molecule has 1 aliphatic heterocycles. The molecule has 3 aromatic carbocycles. The second-order valence-electron chi connectivity index (χ2n) is 12.1. The van der Waals surface area contributed by atoms with Crippen LogP contribution in [-0.2, 0) is 24.4 Å². The number of carbonyl (C=O) groups excluding carboxylic acids is 1. The fraction of sp³-hybridized carbons (Fsp3) is 0.286. The van der Waals surface area contributed by atoms with Crippen LogP contribution < -0.4 is 14.8 Å². The topological polar surface area (TPSA) is 112 Å². The average molecular weight is 713 g/mol. The Bertz CT molecular complexity index is 2150. The van der Waals surface area contributed by atoms with Crippen LogP contribution in [0.2, 0.25) is 0 Å². The third kappa shape index (κ3) is 6.19. The number of benzene rings is 3. The number of nitrogens with zero attached hydrogens (tertiary/aromatic N) is 3. The number of thioether (sulfide) groups is 1. The molecule has 0 spiro atoms. The van der Waals surface area contributed by atoms with Crippen molar-refractivity contribution in [3.05, 3.63) is 77.6 Å². The number of nitrogens with one attached hydrogen (secondary N) is 1. The van der Waals surface area contributed by atoms with E-state index in [1.165, 1.54) is 47.8 Å². The first-order valence-corrected chi connectivity index (χ1v) is 16.7. The summed E-state index contributed by atoms with van der Waals surface area (Å²) in [4.78, 5) is 17.6. The number of aryl methyl sites for hydroxylation is 2. The second kappa shape index (κ2) is 12.5. The number of hydrogen-bond donors (Lipinski definition) is 2. The fourth-order valence-electron chi connectivity index (χ4n) is 5.81. The van der Waals surface area contributed by atoms with E-state index in [0.717, 1.165) is 18.9 Å². The van der Waals surface area contributed by atoms with Gasteiger partial charge in [0.25, 0.3) is 5.91 Å². The monoisotopic (exact) mass is 712 g/mol. The highest BCUT2D eigenvalue weighted by Crippen LogP contribution is 2.46. The van der Waals surface area contributed by atoms with Crippen molar-refractivity contribution >= 4 is 17.7 Å². The molecule has 1 fully saturated rings. The zero-order chi connectivity index (χ0) is 35.5. The van der Waals surface area contributed by atoms with E-state index in [4.69, 9.17) is 4.42 Å². The normalized spacial score (nSPS) is 15.1. The molecule has 0 saturated heterocycles. The summed E-state index contributed by atoms with van der Waals surface area (Å²) in [5, 5.41) is 16.1. The first kappa shape index (κ1) is 33.6. The summed E-state index contributed by atoms with van der Waals surface area (Å²) in [5.74, 6) is -5.89. The molecule has 1 saturated carbocycles. The number of aliphatic hydroxyl groups is 1. The van der Waals surface area contributed by atoms with Crippen LogP contribution in [0.4, 0.5) is 22.0 Å². The molecular weight excluding hydrogens is 683 g/mol. The molecule has 1 aliphatic carbocycles. The van der Waals surface area contributed by atoms with Crippen molar-refractivity contribution in [3.63, 3.8) is 0 Å². The number of oxazole rings is 1. The smallest absolute Gasteiger partial charge is 0.440 e. The highest BCUT2D eigenvalue weighted by atomic mass is 32.2. The Morgan fingerprint density at radius 1 is 1.04 bits per heavy atom. The zero-order valence-electron chi connectivity index (χ0n) is 26.8. The number of hydrogen-bond acceptors (Lipinski definition) is 8. The van der Waals surface area contributed by atoms with E-state index in [0.29, 0.717) is 32.7 Å². The molecule has 260 valence electrons. The summed E-state index contributed by atoms with van der Waals surface area (Å²) >= 11 is 1.25. The first-order chi connectivity index (χ1) is 23.8. The van der Waals surface area contributed by atoms with E-state index >= 15 is 13.2 Å². The van der Waals surface area contributed by atoms with E-state index in [-0.39, 0.29) is 52.6 Å². The molecular formula is C35H29F5N4O5S. The molecule has 50 heavy (non-hydrogen) atoms. The first-order valence-electron chi connectivity index (χ1n) is 15.5. The molecule has 0 radical (unpaired) electrons. The maximum Gasteiger partial charge on any atom is 0.586 e. The SMILES string of the molecule is CSc1cc(-c2ccc(-c3cc(C(F)(F)C(=O)NCC4CC4)nn3C)c(-c3oc(C)nc3-c3ccc4c(c3)OC(F)(F)O4)c2)cc(F)c1CO. The highest BCUT2D eigenvalue weighted by molar-refractivity contribution is 7.98. The number of carbonyl (C=O) groups is 1. The minimum absolute atomic E-state index is 0.138. The predicted molar refractivity (Wildman–Crippen MR) is 173 cm³/mol. The van der Waals surface area contributed by atoms with E-state index in [1.54, 1.807) is 37.4 Å². The molecule has 7 rings (SSSR count). The molecule has 1 amide bonds. The van der Waals surface area contributed by atoms with Crippen LogP contribution in [0.5, 0.6) is 11.5 Å². The lowest BCUT2D eigenvalue weighted by Gasteiger charge is -2.14. The maximum atomic E-state index is 15.4. The Morgan fingerprint density at radius 2 is 1.78 bits per heavy atom. The minimum atomic E-state index is -3.94. The van der Waals surface area contributed by atoms with E-state index in [9.17, 15) is 18.7 Å². The highest BCUT2D eigenvalue weighted by Gasteiger charge is 2.45. The maximum absolute atomic E-state index is 15.4. The molecule has 0 unspecified atom stereocenters. The standard InChI is InChI=1S/C35H29F5N4O5S/c1-17-42-31(20-7-9-27-28(12-20)49-35(39,40)48-27)32(47-17)23-10-19(21-11-25(36)24(16-45)29(13-21)50-3)6-8-22(23)26-14-30(43-44(26)2)34(37,38)33(46)41-15-18-4-5-18/h6-14,18,45H,4-5,15-16H2,1-3H3,(H,41,46). The fourth-order valence-corrected chi connectivity index (χ4v) is 6.46. The lowest BCUT2D eigenvalue weighted by molar-refractivity contribution is -0.286.